The summed E-state index contributed by atoms with van der Waals surface area (Å²) in [4.78, 5) is 0. The number of methoxy groups -OCH3 is 2. The van der Waals surface area contributed by atoms with Crippen LogP contribution in [0.1, 0.15) is 31.9 Å². The third kappa shape index (κ3) is 2.42. The number of hydrogen-bond donors (Lipinski definition) is 1. The molecule has 1 N–H and O–H groups in total. The van der Waals surface area contributed by atoms with E-state index >= 15 is 0 Å². The monoisotopic (exact) mass is 324 g/mol. The number of nitrogens with zero attached hydrogens (tertiary/aromatic N) is 1. The number of rotatable bonds is 4. The van der Waals surface area contributed by atoms with Crippen LogP contribution in [-0.4, -0.2) is 19.9 Å². The molecule has 0 fully saturated rings. The summed E-state index contributed by atoms with van der Waals surface area (Å²) in [7, 11) is 3.35. The molecular formula is C20H24N2O2. The standard InChI is InChI=1S/C20H24N2O2/c1-19(2)18(14-6-10-16(23-4)11-7-14)21-22-20(19,3)15-8-12-17(24-5)13-9-15/h6-13,22H,1-5H3. The molecule has 0 saturated carbocycles. The molecule has 0 amide bonds. The van der Waals surface area contributed by atoms with Crippen molar-refractivity contribution in [1.29, 1.82) is 0 Å². The van der Waals surface area contributed by atoms with Gasteiger partial charge in [0, 0.05) is 5.41 Å². The second-order valence-corrected chi connectivity index (χ2v) is 6.78. The Hall–Kier alpha value is -2.49. The van der Waals surface area contributed by atoms with E-state index in [4.69, 9.17) is 9.47 Å². The molecule has 2 aromatic carbocycles. The van der Waals surface area contributed by atoms with E-state index < -0.39 is 0 Å². The Kier molecular flexibility index (Phi) is 3.99. The lowest BCUT2D eigenvalue weighted by atomic mass is 9.66. The summed E-state index contributed by atoms with van der Waals surface area (Å²) in [6.07, 6.45) is 0. The Bertz CT molecular complexity index is 748. The van der Waals surface area contributed by atoms with E-state index in [1.165, 1.54) is 5.56 Å². The lowest BCUT2D eigenvalue weighted by Crippen LogP contribution is -2.47. The zero-order valence-electron chi connectivity index (χ0n) is 14.9. The van der Waals surface area contributed by atoms with Crippen LogP contribution < -0.4 is 14.9 Å². The van der Waals surface area contributed by atoms with Gasteiger partial charge >= 0.3 is 0 Å². The van der Waals surface area contributed by atoms with E-state index in [0.717, 1.165) is 22.8 Å². The van der Waals surface area contributed by atoms with Crippen LogP contribution in [0.3, 0.4) is 0 Å². The van der Waals surface area contributed by atoms with Crippen molar-refractivity contribution in [1.82, 2.24) is 5.43 Å². The van der Waals surface area contributed by atoms with Gasteiger partial charge in [-0.2, -0.15) is 5.10 Å². The van der Waals surface area contributed by atoms with Crippen LogP contribution in [0, 0.1) is 5.41 Å². The molecule has 1 heterocycles. The highest BCUT2D eigenvalue weighted by atomic mass is 16.5. The third-order valence-electron chi connectivity index (χ3n) is 5.26. The van der Waals surface area contributed by atoms with Crippen LogP contribution >= 0.6 is 0 Å². The van der Waals surface area contributed by atoms with Gasteiger partial charge in [-0.1, -0.05) is 26.0 Å². The maximum Gasteiger partial charge on any atom is 0.118 e. The van der Waals surface area contributed by atoms with Crippen LogP contribution in [-0.2, 0) is 5.54 Å². The van der Waals surface area contributed by atoms with Gasteiger partial charge in [-0.05, 0) is 54.4 Å². The topological polar surface area (TPSA) is 42.8 Å². The fourth-order valence-electron chi connectivity index (χ4n) is 3.21. The van der Waals surface area contributed by atoms with Crippen molar-refractivity contribution in [2.24, 2.45) is 10.5 Å². The Balaban J connectivity index is 1.95. The van der Waals surface area contributed by atoms with Gasteiger partial charge in [-0.25, -0.2) is 0 Å². The molecule has 1 aliphatic heterocycles. The van der Waals surface area contributed by atoms with Crippen LogP contribution in [0.5, 0.6) is 11.5 Å². The summed E-state index contributed by atoms with van der Waals surface area (Å²) in [5.74, 6) is 1.70. The second-order valence-electron chi connectivity index (χ2n) is 6.78. The van der Waals surface area contributed by atoms with Gasteiger partial charge in [0.2, 0.25) is 0 Å². The third-order valence-corrected chi connectivity index (χ3v) is 5.26. The van der Waals surface area contributed by atoms with Crippen molar-refractivity contribution in [3.8, 4) is 11.5 Å². The Morgan fingerprint density at radius 2 is 1.29 bits per heavy atom. The van der Waals surface area contributed by atoms with Crippen LogP contribution in [0.15, 0.2) is 53.6 Å². The molecule has 0 radical (unpaired) electrons. The summed E-state index contributed by atoms with van der Waals surface area (Å²) in [6, 6.07) is 16.2. The van der Waals surface area contributed by atoms with Gasteiger partial charge < -0.3 is 9.47 Å². The van der Waals surface area contributed by atoms with E-state index in [-0.39, 0.29) is 11.0 Å². The summed E-state index contributed by atoms with van der Waals surface area (Å²) in [5, 5.41) is 4.68. The van der Waals surface area contributed by atoms with Crippen LogP contribution in [0.2, 0.25) is 0 Å². The molecule has 2 aromatic rings. The summed E-state index contributed by atoms with van der Waals surface area (Å²) in [5.41, 5.74) is 6.22. The average Bonchev–Trinajstić information content (AvgIpc) is 2.86. The van der Waals surface area contributed by atoms with E-state index in [0.29, 0.717) is 0 Å². The van der Waals surface area contributed by atoms with E-state index in [1.54, 1.807) is 14.2 Å². The quantitative estimate of drug-likeness (QED) is 0.926. The van der Waals surface area contributed by atoms with Crippen molar-refractivity contribution in [2.75, 3.05) is 14.2 Å². The van der Waals surface area contributed by atoms with Gasteiger partial charge in [0.15, 0.2) is 0 Å². The number of ether oxygens (including phenoxy) is 2. The second kappa shape index (κ2) is 5.86. The zero-order chi connectivity index (χ0) is 17.4. The van der Waals surface area contributed by atoms with Crippen LogP contribution in [0.25, 0.3) is 0 Å². The predicted octanol–water partition coefficient (Wildman–Crippen LogP) is 3.95. The van der Waals surface area contributed by atoms with Crippen molar-refractivity contribution >= 4 is 5.71 Å². The van der Waals surface area contributed by atoms with Gasteiger partial charge in [0.1, 0.15) is 11.5 Å². The predicted molar refractivity (Wildman–Crippen MR) is 96.8 cm³/mol. The molecule has 3 rings (SSSR count). The van der Waals surface area contributed by atoms with Crippen molar-refractivity contribution in [2.45, 2.75) is 26.3 Å². The maximum atomic E-state index is 5.27. The normalized spacial score (nSPS) is 21.8. The van der Waals surface area contributed by atoms with Gasteiger partial charge in [0.25, 0.3) is 0 Å². The minimum atomic E-state index is -0.297. The molecule has 126 valence electrons. The average molecular weight is 324 g/mol. The highest BCUT2D eigenvalue weighted by Gasteiger charge is 2.50. The fourth-order valence-corrected chi connectivity index (χ4v) is 3.21. The first-order chi connectivity index (χ1) is 11.4. The first-order valence-electron chi connectivity index (χ1n) is 8.06. The molecule has 24 heavy (non-hydrogen) atoms. The number of nitrogens with one attached hydrogen (secondary N) is 1. The molecule has 0 bridgehead atoms. The molecular weight excluding hydrogens is 300 g/mol. The van der Waals surface area contributed by atoms with E-state index in [9.17, 15) is 0 Å². The molecule has 1 atom stereocenters. The summed E-state index contributed by atoms with van der Waals surface area (Å²) in [6.45, 7) is 6.63. The number of benzene rings is 2. The lowest BCUT2D eigenvalue weighted by molar-refractivity contribution is 0.244. The Morgan fingerprint density at radius 1 is 0.792 bits per heavy atom. The van der Waals surface area contributed by atoms with E-state index in [1.807, 2.05) is 24.3 Å². The molecule has 1 aliphatic rings. The fraction of sp³-hybridized carbons (Fsp3) is 0.350. The van der Waals surface area contributed by atoms with Gasteiger partial charge in [-0.15, -0.1) is 0 Å². The minimum Gasteiger partial charge on any atom is -0.497 e. The summed E-state index contributed by atoms with van der Waals surface area (Å²) < 4.78 is 10.5. The first-order valence-corrected chi connectivity index (χ1v) is 8.06. The summed E-state index contributed by atoms with van der Waals surface area (Å²) >= 11 is 0. The smallest absolute Gasteiger partial charge is 0.118 e. The molecule has 0 aromatic heterocycles. The Labute approximate surface area is 143 Å². The SMILES string of the molecule is COc1ccc(C2=NNC(C)(c3ccc(OC)cc3)C2(C)C)cc1. The highest BCUT2D eigenvalue weighted by Crippen LogP contribution is 2.46. The number of hydrogen-bond acceptors (Lipinski definition) is 4. The van der Waals surface area contributed by atoms with Gasteiger partial charge in [0.05, 0.1) is 25.5 Å². The highest BCUT2D eigenvalue weighted by molar-refractivity contribution is 6.06. The lowest BCUT2D eigenvalue weighted by Gasteiger charge is -2.39. The van der Waals surface area contributed by atoms with Crippen LogP contribution in [0.4, 0.5) is 0 Å². The van der Waals surface area contributed by atoms with Gasteiger partial charge in [-0.3, -0.25) is 5.43 Å². The molecule has 0 saturated heterocycles. The molecule has 0 aliphatic carbocycles. The van der Waals surface area contributed by atoms with E-state index in [2.05, 4.69) is 55.6 Å². The van der Waals surface area contributed by atoms with Crippen molar-refractivity contribution < 1.29 is 9.47 Å². The molecule has 1 unspecified atom stereocenters. The maximum absolute atomic E-state index is 5.27. The minimum absolute atomic E-state index is 0.184. The largest absolute Gasteiger partial charge is 0.497 e. The van der Waals surface area contributed by atoms with Crippen molar-refractivity contribution in [3.05, 3.63) is 59.7 Å². The molecule has 0 spiro atoms. The molecule has 4 heteroatoms. The first kappa shape index (κ1) is 16.4. The molecule has 4 nitrogen and oxygen atoms in total. The number of hydrazone groups is 1. The zero-order valence-corrected chi connectivity index (χ0v) is 14.9. The Morgan fingerprint density at radius 3 is 1.79 bits per heavy atom. The van der Waals surface area contributed by atoms with Crippen molar-refractivity contribution in [3.63, 3.8) is 0 Å².